The largest absolute Gasteiger partial charge is 0.320 e. The van der Waals surface area contributed by atoms with Gasteiger partial charge in [0.2, 0.25) is 0 Å². The van der Waals surface area contributed by atoms with Crippen LogP contribution < -0.4 is 5.32 Å². The molecule has 0 saturated carbocycles. The Bertz CT molecular complexity index is 543. The Kier molecular flexibility index (Phi) is 3.77. The summed E-state index contributed by atoms with van der Waals surface area (Å²) in [7, 11) is 0. The van der Waals surface area contributed by atoms with Gasteiger partial charge in [-0.05, 0) is 30.5 Å². The van der Waals surface area contributed by atoms with Crippen molar-refractivity contribution < 1.29 is 4.79 Å². The summed E-state index contributed by atoms with van der Waals surface area (Å²) in [5, 5.41) is 5.22. The minimum Gasteiger partial charge on any atom is -0.320 e. The predicted octanol–water partition coefficient (Wildman–Crippen LogP) is 3.83. The van der Waals surface area contributed by atoms with E-state index in [4.69, 9.17) is 0 Å². The van der Waals surface area contributed by atoms with Crippen molar-refractivity contribution in [3.63, 3.8) is 0 Å². The maximum atomic E-state index is 11.9. The zero-order valence-electron chi connectivity index (χ0n) is 10.7. The lowest BCUT2D eigenvalue weighted by Gasteiger charge is -2.07. The zero-order chi connectivity index (χ0) is 13.1. The van der Waals surface area contributed by atoms with Gasteiger partial charge in [-0.15, -0.1) is 11.3 Å². The van der Waals surface area contributed by atoms with Crippen molar-refractivity contribution in [3.8, 4) is 0 Å². The van der Waals surface area contributed by atoms with E-state index in [-0.39, 0.29) is 5.91 Å². The first-order valence-electron chi connectivity index (χ1n) is 5.89. The highest BCUT2D eigenvalue weighted by molar-refractivity contribution is 7.11. The molecule has 0 radical (unpaired) electrons. The van der Waals surface area contributed by atoms with Crippen LogP contribution in [0.4, 0.5) is 5.69 Å². The number of anilines is 1. The number of rotatable bonds is 3. The summed E-state index contributed by atoms with van der Waals surface area (Å²) in [5.74, 6) is 0.349. The summed E-state index contributed by atoms with van der Waals surface area (Å²) >= 11 is 1.36. The van der Waals surface area contributed by atoms with E-state index >= 15 is 0 Å². The molecule has 4 heteroatoms. The van der Waals surface area contributed by atoms with E-state index in [9.17, 15) is 4.79 Å². The van der Waals surface area contributed by atoms with Gasteiger partial charge in [-0.1, -0.05) is 26.0 Å². The standard InChI is InChI=1S/C14H16N2OS/c1-9(2)11-4-6-12(7-5-11)16-13(17)14-15-10(3)8-18-14/h4-9H,1-3H3,(H,16,17). The molecule has 0 aliphatic heterocycles. The highest BCUT2D eigenvalue weighted by Gasteiger charge is 2.10. The molecule has 18 heavy (non-hydrogen) atoms. The van der Waals surface area contributed by atoms with Crippen LogP contribution in [0.1, 0.15) is 40.8 Å². The number of nitrogens with one attached hydrogen (secondary N) is 1. The van der Waals surface area contributed by atoms with Gasteiger partial charge in [0.05, 0.1) is 0 Å². The van der Waals surface area contributed by atoms with Crippen LogP contribution >= 0.6 is 11.3 Å². The summed E-state index contributed by atoms with van der Waals surface area (Å²) in [4.78, 5) is 16.0. The Morgan fingerprint density at radius 3 is 2.44 bits per heavy atom. The van der Waals surface area contributed by atoms with Gasteiger partial charge in [0.1, 0.15) is 0 Å². The molecule has 2 rings (SSSR count). The van der Waals surface area contributed by atoms with Gasteiger partial charge in [-0.2, -0.15) is 0 Å². The van der Waals surface area contributed by atoms with Crippen molar-refractivity contribution in [2.75, 3.05) is 5.32 Å². The topological polar surface area (TPSA) is 42.0 Å². The van der Waals surface area contributed by atoms with Crippen LogP contribution in [0, 0.1) is 6.92 Å². The number of aromatic nitrogens is 1. The molecule has 94 valence electrons. The molecule has 0 saturated heterocycles. The Labute approximate surface area is 111 Å². The molecular formula is C14H16N2OS. The number of carbonyl (C=O) groups excluding carboxylic acids is 1. The van der Waals surface area contributed by atoms with Crippen molar-refractivity contribution in [1.29, 1.82) is 0 Å². The number of aryl methyl sites for hydroxylation is 1. The SMILES string of the molecule is Cc1csc(C(=O)Nc2ccc(C(C)C)cc2)n1. The molecule has 2 aromatic rings. The number of hydrogen-bond donors (Lipinski definition) is 1. The second kappa shape index (κ2) is 5.31. The first-order chi connectivity index (χ1) is 8.56. The Morgan fingerprint density at radius 1 is 1.28 bits per heavy atom. The second-order valence-corrected chi connectivity index (χ2v) is 5.38. The van der Waals surface area contributed by atoms with Crippen LogP contribution in [0.5, 0.6) is 0 Å². The summed E-state index contributed by atoms with van der Waals surface area (Å²) in [6.45, 7) is 6.17. The number of carbonyl (C=O) groups is 1. The third-order valence-electron chi connectivity index (χ3n) is 2.65. The summed E-state index contributed by atoms with van der Waals surface area (Å²) < 4.78 is 0. The fourth-order valence-electron chi connectivity index (χ4n) is 1.59. The Hall–Kier alpha value is -1.68. The third kappa shape index (κ3) is 2.96. The van der Waals surface area contributed by atoms with Gasteiger partial charge in [-0.25, -0.2) is 4.98 Å². The summed E-state index contributed by atoms with van der Waals surface area (Å²) in [5.41, 5.74) is 2.94. The molecule has 1 amide bonds. The fraction of sp³-hybridized carbons (Fsp3) is 0.286. The molecule has 0 unspecified atom stereocenters. The molecule has 1 N–H and O–H groups in total. The van der Waals surface area contributed by atoms with E-state index in [1.165, 1.54) is 16.9 Å². The van der Waals surface area contributed by atoms with Crippen molar-refractivity contribution in [3.05, 3.63) is 45.9 Å². The molecule has 0 atom stereocenters. The van der Waals surface area contributed by atoms with Crippen molar-refractivity contribution in [2.24, 2.45) is 0 Å². The van der Waals surface area contributed by atoms with Crippen LogP contribution in [-0.4, -0.2) is 10.9 Å². The molecular weight excluding hydrogens is 244 g/mol. The van der Waals surface area contributed by atoms with Gasteiger partial charge >= 0.3 is 0 Å². The molecule has 1 heterocycles. The maximum Gasteiger partial charge on any atom is 0.284 e. The summed E-state index contributed by atoms with van der Waals surface area (Å²) in [6.07, 6.45) is 0. The Balaban J connectivity index is 2.07. The van der Waals surface area contributed by atoms with E-state index in [0.29, 0.717) is 10.9 Å². The van der Waals surface area contributed by atoms with Gasteiger partial charge in [-0.3, -0.25) is 4.79 Å². The number of nitrogens with zero attached hydrogens (tertiary/aromatic N) is 1. The van der Waals surface area contributed by atoms with Crippen LogP contribution in [0.15, 0.2) is 29.6 Å². The molecule has 0 fully saturated rings. The van der Waals surface area contributed by atoms with E-state index in [1.807, 2.05) is 36.6 Å². The van der Waals surface area contributed by atoms with Gasteiger partial charge in [0.25, 0.3) is 5.91 Å². The first kappa shape index (κ1) is 12.8. The molecule has 0 aliphatic carbocycles. The second-order valence-electron chi connectivity index (χ2n) is 4.52. The maximum absolute atomic E-state index is 11.9. The smallest absolute Gasteiger partial charge is 0.284 e. The average molecular weight is 260 g/mol. The monoisotopic (exact) mass is 260 g/mol. The third-order valence-corrected chi connectivity index (χ3v) is 3.61. The van der Waals surface area contributed by atoms with Crippen molar-refractivity contribution >= 4 is 22.9 Å². The van der Waals surface area contributed by atoms with Gasteiger partial charge < -0.3 is 5.32 Å². The van der Waals surface area contributed by atoms with E-state index in [1.54, 1.807) is 0 Å². The molecule has 1 aromatic carbocycles. The normalized spacial score (nSPS) is 10.7. The van der Waals surface area contributed by atoms with E-state index in [0.717, 1.165) is 11.4 Å². The number of hydrogen-bond acceptors (Lipinski definition) is 3. The number of thiazole rings is 1. The lowest BCUT2D eigenvalue weighted by atomic mass is 10.0. The molecule has 0 bridgehead atoms. The fourth-order valence-corrected chi connectivity index (χ4v) is 2.28. The predicted molar refractivity (Wildman–Crippen MR) is 75.3 cm³/mol. The van der Waals surface area contributed by atoms with Gasteiger partial charge in [0.15, 0.2) is 5.01 Å². The highest BCUT2D eigenvalue weighted by Crippen LogP contribution is 2.18. The van der Waals surface area contributed by atoms with Crippen LogP contribution in [0.3, 0.4) is 0 Å². The highest BCUT2D eigenvalue weighted by atomic mass is 32.1. The molecule has 0 spiro atoms. The minimum atomic E-state index is -0.148. The quantitative estimate of drug-likeness (QED) is 0.911. The zero-order valence-corrected chi connectivity index (χ0v) is 11.5. The molecule has 3 nitrogen and oxygen atoms in total. The van der Waals surface area contributed by atoms with Crippen LogP contribution in [0.2, 0.25) is 0 Å². The van der Waals surface area contributed by atoms with Crippen molar-refractivity contribution in [2.45, 2.75) is 26.7 Å². The van der Waals surface area contributed by atoms with Crippen LogP contribution in [0.25, 0.3) is 0 Å². The van der Waals surface area contributed by atoms with E-state index < -0.39 is 0 Å². The first-order valence-corrected chi connectivity index (χ1v) is 6.77. The minimum absolute atomic E-state index is 0.148. The molecule has 0 aliphatic rings. The number of benzene rings is 1. The van der Waals surface area contributed by atoms with Gasteiger partial charge in [0, 0.05) is 16.8 Å². The summed E-state index contributed by atoms with van der Waals surface area (Å²) in [6, 6.07) is 7.92. The lowest BCUT2D eigenvalue weighted by molar-refractivity contribution is 0.102. The number of amides is 1. The lowest BCUT2D eigenvalue weighted by Crippen LogP contribution is -2.11. The Morgan fingerprint density at radius 2 is 1.94 bits per heavy atom. The van der Waals surface area contributed by atoms with Crippen LogP contribution in [-0.2, 0) is 0 Å². The van der Waals surface area contributed by atoms with E-state index in [2.05, 4.69) is 24.1 Å². The molecule has 1 aromatic heterocycles. The van der Waals surface area contributed by atoms with Crippen molar-refractivity contribution in [1.82, 2.24) is 4.98 Å². The average Bonchev–Trinajstić information content (AvgIpc) is 2.76.